The van der Waals surface area contributed by atoms with Gasteiger partial charge in [-0.2, -0.15) is 0 Å². The van der Waals surface area contributed by atoms with Crippen molar-refractivity contribution in [2.75, 3.05) is 19.7 Å². The summed E-state index contributed by atoms with van der Waals surface area (Å²) in [6.07, 6.45) is 4.06. The molecular formula is C29H38FNO4. The number of ether oxygens (including phenoxy) is 1. The third kappa shape index (κ3) is 7.47. The minimum absolute atomic E-state index is 0.172. The number of aryl methyl sites for hydroxylation is 2. The Hall–Kier alpha value is -2.54. The van der Waals surface area contributed by atoms with E-state index in [-0.39, 0.29) is 24.6 Å². The Labute approximate surface area is 208 Å². The zero-order valence-electron chi connectivity index (χ0n) is 21.3. The van der Waals surface area contributed by atoms with Gasteiger partial charge in [-0.25, -0.2) is 9.18 Å². The summed E-state index contributed by atoms with van der Waals surface area (Å²) >= 11 is 0. The zero-order valence-corrected chi connectivity index (χ0v) is 21.3. The molecule has 0 saturated carbocycles. The summed E-state index contributed by atoms with van der Waals surface area (Å²) in [6, 6.07) is 11.6. The lowest BCUT2D eigenvalue weighted by Gasteiger charge is -2.27. The van der Waals surface area contributed by atoms with Gasteiger partial charge >= 0.3 is 5.97 Å². The maximum absolute atomic E-state index is 14.0. The molecule has 2 aromatic carbocycles. The van der Waals surface area contributed by atoms with E-state index in [1.807, 2.05) is 51.1 Å². The van der Waals surface area contributed by atoms with Crippen molar-refractivity contribution in [1.82, 2.24) is 4.90 Å². The Morgan fingerprint density at radius 2 is 2.03 bits per heavy atom. The van der Waals surface area contributed by atoms with Crippen molar-refractivity contribution in [2.45, 2.75) is 71.6 Å². The summed E-state index contributed by atoms with van der Waals surface area (Å²) in [4.78, 5) is 13.8. The second-order valence-electron chi connectivity index (χ2n) is 9.67. The molecular weight excluding hydrogens is 445 g/mol. The van der Waals surface area contributed by atoms with Crippen LogP contribution in [-0.4, -0.2) is 52.9 Å². The van der Waals surface area contributed by atoms with E-state index in [9.17, 15) is 19.4 Å². The second-order valence-corrected chi connectivity index (χ2v) is 9.67. The molecule has 0 spiro atoms. The Kier molecular flexibility index (Phi) is 9.61. The van der Waals surface area contributed by atoms with Crippen molar-refractivity contribution in [1.29, 1.82) is 0 Å². The molecule has 1 fully saturated rings. The van der Waals surface area contributed by atoms with E-state index in [0.717, 1.165) is 48.1 Å². The molecule has 0 amide bonds. The van der Waals surface area contributed by atoms with E-state index in [1.165, 1.54) is 0 Å². The number of aliphatic carboxylic acids is 1. The van der Waals surface area contributed by atoms with Gasteiger partial charge in [-0.3, -0.25) is 4.90 Å². The number of aliphatic hydroxyl groups excluding tert-OH is 1. The van der Waals surface area contributed by atoms with Crippen molar-refractivity contribution >= 4 is 12.0 Å². The highest BCUT2D eigenvalue weighted by Gasteiger charge is 2.27. The fraction of sp³-hybridized carbons (Fsp3) is 0.483. The summed E-state index contributed by atoms with van der Waals surface area (Å²) in [5, 5.41) is 20.2. The smallest absolute Gasteiger partial charge is 0.331 e. The van der Waals surface area contributed by atoms with Crippen molar-refractivity contribution in [3.63, 3.8) is 0 Å². The average Bonchev–Trinajstić information content (AvgIpc) is 3.24. The summed E-state index contributed by atoms with van der Waals surface area (Å²) in [6.45, 7) is 9.08. The lowest BCUT2D eigenvalue weighted by molar-refractivity contribution is -0.132. The van der Waals surface area contributed by atoms with Gasteiger partial charge in [0, 0.05) is 18.2 Å². The molecule has 0 aliphatic carbocycles. The number of rotatable bonds is 11. The van der Waals surface area contributed by atoms with Crippen LogP contribution in [0.3, 0.4) is 0 Å². The molecule has 3 rings (SSSR count). The molecule has 0 unspecified atom stereocenters. The van der Waals surface area contributed by atoms with Gasteiger partial charge in [0.25, 0.3) is 0 Å². The fourth-order valence-electron chi connectivity index (χ4n) is 4.76. The van der Waals surface area contributed by atoms with Crippen molar-refractivity contribution in [3.05, 3.63) is 75.6 Å². The van der Waals surface area contributed by atoms with E-state index < -0.39 is 12.1 Å². The molecule has 5 nitrogen and oxygen atoms in total. The molecule has 35 heavy (non-hydrogen) atoms. The second kappa shape index (κ2) is 12.4. The van der Waals surface area contributed by atoms with Crippen molar-refractivity contribution in [2.24, 2.45) is 0 Å². The maximum atomic E-state index is 14.0. The molecule has 190 valence electrons. The highest BCUT2D eigenvalue weighted by atomic mass is 19.1. The first kappa shape index (κ1) is 27.1. The Morgan fingerprint density at radius 3 is 2.71 bits per heavy atom. The van der Waals surface area contributed by atoms with Gasteiger partial charge in [0.2, 0.25) is 0 Å². The first-order valence-electron chi connectivity index (χ1n) is 12.5. The largest absolute Gasteiger partial charge is 0.478 e. The number of nitrogens with zero attached hydrogens (tertiary/aromatic N) is 1. The number of hydrogen-bond acceptors (Lipinski definition) is 4. The minimum Gasteiger partial charge on any atom is -0.478 e. The number of β-amino-alcohol motifs (C(OH)–C–C–N with tert-alkyl or cyclic N) is 1. The maximum Gasteiger partial charge on any atom is 0.331 e. The highest BCUT2D eigenvalue weighted by Crippen LogP contribution is 2.26. The van der Waals surface area contributed by atoms with Crippen molar-refractivity contribution in [3.8, 4) is 0 Å². The van der Waals surface area contributed by atoms with Crippen molar-refractivity contribution < 1.29 is 24.1 Å². The number of carboxylic acid groups (broad SMARTS) is 1. The number of likely N-dealkylation sites (tertiary alicyclic amines) is 1. The molecule has 1 heterocycles. The van der Waals surface area contributed by atoms with Gasteiger partial charge < -0.3 is 14.9 Å². The number of carboxylic acids is 1. The average molecular weight is 484 g/mol. The van der Waals surface area contributed by atoms with Crippen LogP contribution in [0, 0.1) is 19.7 Å². The zero-order chi connectivity index (χ0) is 25.5. The van der Waals surface area contributed by atoms with Crippen LogP contribution in [0.15, 0.2) is 42.0 Å². The fourth-order valence-corrected chi connectivity index (χ4v) is 4.76. The summed E-state index contributed by atoms with van der Waals surface area (Å²) < 4.78 is 20.0. The quantitative estimate of drug-likeness (QED) is 0.415. The molecule has 1 aliphatic heterocycles. The minimum atomic E-state index is -0.919. The van der Waals surface area contributed by atoms with E-state index >= 15 is 0 Å². The summed E-state index contributed by atoms with van der Waals surface area (Å²) in [5.41, 5.74) is 4.75. The Morgan fingerprint density at radius 1 is 1.26 bits per heavy atom. The molecule has 3 atom stereocenters. The van der Waals surface area contributed by atoms with Crippen LogP contribution in [-0.2, 0) is 16.0 Å². The predicted octanol–water partition coefficient (Wildman–Crippen LogP) is 5.47. The molecule has 1 saturated heterocycles. The lowest BCUT2D eigenvalue weighted by Crippen LogP contribution is -2.39. The van der Waals surface area contributed by atoms with E-state index in [2.05, 4.69) is 4.90 Å². The van der Waals surface area contributed by atoms with Gasteiger partial charge in [0.15, 0.2) is 0 Å². The summed E-state index contributed by atoms with van der Waals surface area (Å²) in [5.74, 6) is -1.09. The van der Waals surface area contributed by atoms with E-state index in [4.69, 9.17) is 4.74 Å². The monoisotopic (exact) mass is 483 g/mol. The first-order valence-corrected chi connectivity index (χ1v) is 12.5. The number of halogens is 1. The molecule has 6 heteroatoms. The molecule has 0 radical (unpaired) electrons. The highest BCUT2D eigenvalue weighted by molar-refractivity contribution is 5.92. The van der Waals surface area contributed by atoms with E-state index in [0.29, 0.717) is 24.1 Å². The molecule has 2 aromatic rings. The third-order valence-corrected chi connectivity index (χ3v) is 6.86. The topological polar surface area (TPSA) is 70.0 Å². The van der Waals surface area contributed by atoms with Gasteiger partial charge in [-0.1, -0.05) is 42.8 Å². The number of carbonyl (C=O) groups is 1. The van der Waals surface area contributed by atoms with Gasteiger partial charge in [-0.05, 0) is 87.4 Å². The van der Waals surface area contributed by atoms with Crippen LogP contribution >= 0.6 is 0 Å². The number of hydrogen-bond donors (Lipinski definition) is 2. The molecule has 2 N–H and O–H groups in total. The van der Waals surface area contributed by atoms with Crippen LogP contribution < -0.4 is 0 Å². The molecule has 1 aliphatic rings. The van der Waals surface area contributed by atoms with Crippen LogP contribution in [0.2, 0.25) is 0 Å². The Balaban J connectivity index is 1.60. The first-order chi connectivity index (χ1) is 16.7. The van der Waals surface area contributed by atoms with Gasteiger partial charge in [0.05, 0.1) is 18.8 Å². The summed E-state index contributed by atoms with van der Waals surface area (Å²) in [7, 11) is 0. The molecule has 0 bridgehead atoms. The molecule has 0 aromatic heterocycles. The number of aliphatic hydroxyl groups is 1. The van der Waals surface area contributed by atoms with Gasteiger partial charge in [0.1, 0.15) is 5.82 Å². The lowest BCUT2D eigenvalue weighted by atomic mass is 9.98. The SMILES string of the molecule is CCC(=Cc1cc(C)ccc1[C@@H](C)OC[C@H](O)CN1CCC[C@H]1Cc1ccc(C)c(F)c1)C(=O)O. The van der Waals surface area contributed by atoms with Gasteiger partial charge in [-0.15, -0.1) is 0 Å². The normalized spacial score (nSPS) is 18.6. The van der Waals surface area contributed by atoms with Crippen LogP contribution in [0.1, 0.15) is 67.0 Å². The standard InChI is InChI=1S/C29H38FNO4/c1-5-23(29(33)34)16-24-13-19(2)8-11-27(24)21(4)35-18-26(32)17-31-12-6-7-25(31)14-22-10-9-20(3)28(30)15-22/h8-11,13,15-16,21,25-26,32H,5-7,12,14,17-18H2,1-4H3,(H,33,34)/t21-,25+,26-/m1/s1. The van der Waals surface area contributed by atoms with Crippen LogP contribution in [0.4, 0.5) is 4.39 Å². The van der Waals surface area contributed by atoms with E-state index in [1.54, 1.807) is 19.1 Å². The number of benzene rings is 2. The van der Waals surface area contributed by atoms with Crippen LogP contribution in [0.5, 0.6) is 0 Å². The van der Waals surface area contributed by atoms with Crippen LogP contribution in [0.25, 0.3) is 6.08 Å². The Bertz CT molecular complexity index is 1050. The predicted molar refractivity (Wildman–Crippen MR) is 137 cm³/mol. The third-order valence-electron chi connectivity index (χ3n) is 6.86.